The number of rotatable bonds is 3. The lowest BCUT2D eigenvalue weighted by atomic mass is 10.2. The van der Waals surface area contributed by atoms with Gasteiger partial charge in [-0.15, -0.1) is 0 Å². The van der Waals surface area contributed by atoms with Crippen LogP contribution >= 0.6 is 0 Å². The molecule has 5 nitrogen and oxygen atoms in total. The molecule has 0 aliphatic rings. The largest absolute Gasteiger partial charge is 0.468 e. The average molecular weight is 232 g/mol. The van der Waals surface area contributed by atoms with E-state index in [1.165, 1.54) is 18.7 Å². The molecule has 0 fully saturated rings. The fourth-order valence-corrected chi connectivity index (χ4v) is 1.69. The highest BCUT2D eigenvalue weighted by molar-refractivity contribution is 6.04. The number of benzene rings is 1. The molecule has 5 heteroatoms. The van der Waals surface area contributed by atoms with Gasteiger partial charge in [0.1, 0.15) is 12.2 Å². The van der Waals surface area contributed by atoms with E-state index in [1.807, 2.05) is 24.3 Å². The predicted octanol–water partition coefficient (Wildman–Crippen LogP) is 1.41. The zero-order valence-corrected chi connectivity index (χ0v) is 9.64. The molecule has 0 bridgehead atoms. The van der Waals surface area contributed by atoms with E-state index in [0.29, 0.717) is 5.69 Å². The second-order valence-corrected chi connectivity index (χ2v) is 3.66. The van der Waals surface area contributed by atoms with Crippen LogP contribution in [0.2, 0.25) is 0 Å². The molecule has 0 spiro atoms. The number of ketones is 1. The Hall–Kier alpha value is -2.17. The van der Waals surface area contributed by atoms with E-state index >= 15 is 0 Å². The first kappa shape index (κ1) is 11.3. The maximum atomic E-state index is 11.4. The second kappa shape index (κ2) is 4.37. The molecule has 0 atom stereocenters. The van der Waals surface area contributed by atoms with Crippen LogP contribution in [-0.2, 0) is 16.1 Å². The number of Topliss-reactive ketones (excluding diaryl/α,β-unsaturated/α-hetero) is 1. The van der Waals surface area contributed by atoms with Crippen molar-refractivity contribution < 1.29 is 14.3 Å². The molecule has 2 rings (SSSR count). The fourth-order valence-electron chi connectivity index (χ4n) is 1.69. The van der Waals surface area contributed by atoms with E-state index in [2.05, 4.69) is 9.84 Å². The Kier molecular flexibility index (Phi) is 2.91. The lowest BCUT2D eigenvalue weighted by Gasteiger charge is -2.00. The smallest absolute Gasteiger partial charge is 0.327 e. The van der Waals surface area contributed by atoms with E-state index in [-0.39, 0.29) is 12.3 Å². The average Bonchev–Trinajstić information content (AvgIpc) is 2.68. The summed E-state index contributed by atoms with van der Waals surface area (Å²) >= 11 is 0. The molecule has 0 aliphatic heterocycles. The number of carbonyl (C=O) groups is 2. The summed E-state index contributed by atoms with van der Waals surface area (Å²) in [6, 6.07) is 7.30. The topological polar surface area (TPSA) is 61.2 Å². The number of para-hydroxylation sites is 1. The summed E-state index contributed by atoms with van der Waals surface area (Å²) in [5, 5.41) is 4.90. The number of aromatic nitrogens is 2. The van der Waals surface area contributed by atoms with Gasteiger partial charge in [-0.3, -0.25) is 14.3 Å². The highest BCUT2D eigenvalue weighted by atomic mass is 16.5. The van der Waals surface area contributed by atoms with Gasteiger partial charge in [0, 0.05) is 12.3 Å². The first-order chi connectivity index (χ1) is 8.13. The summed E-state index contributed by atoms with van der Waals surface area (Å²) < 4.78 is 6.07. The predicted molar refractivity (Wildman–Crippen MR) is 61.8 cm³/mol. The van der Waals surface area contributed by atoms with Gasteiger partial charge >= 0.3 is 5.97 Å². The SMILES string of the molecule is COC(=O)Cn1nc(C(C)=O)c2ccccc21. The Balaban J connectivity index is 2.56. The lowest BCUT2D eigenvalue weighted by Crippen LogP contribution is -2.13. The Morgan fingerprint density at radius 2 is 2.06 bits per heavy atom. The number of nitrogens with zero attached hydrogens (tertiary/aromatic N) is 2. The van der Waals surface area contributed by atoms with Crippen LogP contribution in [0.1, 0.15) is 17.4 Å². The van der Waals surface area contributed by atoms with Crippen LogP contribution in [0.3, 0.4) is 0 Å². The van der Waals surface area contributed by atoms with Gasteiger partial charge in [-0.1, -0.05) is 18.2 Å². The highest BCUT2D eigenvalue weighted by Crippen LogP contribution is 2.18. The minimum atomic E-state index is -0.395. The van der Waals surface area contributed by atoms with Crippen molar-refractivity contribution in [1.29, 1.82) is 0 Å². The van der Waals surface area contributed by atoms with Gasteiger partial charge in [-0.2, -0.15) is 5.10 Å². The normalized spacial score (nSPS) is 10.5. The second-order valence-electron chi connectivity index (χ2n) is 3.66. The summed E-state index contributed by atoms with van der Waals surface area (Å²) in [4.78, 5) is 22.7. The van der Waals surface area contributed by atoms with Crippen LogP contribution in [0, 0.1) is 0 Å². The molecular formula is C12H12N2O3. The van der Waals surface area contributed by atoms with Gasteiger partial charge in [-0.05, 0) is 6.07 Å². The molecule has 17 heavy (non-hydrogen) atoms. The third-order valence-electron chi connectivity index (χ3n) is 2.50. The molecule has 2 aromatic rings. The van der Waals surface area contributed by atoms with E-state index < -0.39 is 5.97 Å². The minimum absolute atomic E-state index is 0.00426. The Bertz CT molecular complexity index is 586. The van der Waals surface area contributed by atoms with E-state index in [4.69, 9.17) is 0 Å². The molecule has 1 aromatic heterocycles. The fraction of sp³-hybridized carbons (Fsp3) is 0.250. The molecule has 0 saturated heterocycles. The van der Waals surface area contributed by atoms with Crippen molar-refractivity contribution >= 4 is 22.7 Å². The molecule has 0 saturated carbocycles. The zero-order chi connectivity index (χ0) is 12.4. The van der Waals surface area contributed by atoms with Crippen LogP contribution in [0.5, 0.6) is 0 Å². The number of esters is 1. The summed E-state index contributed by atoms with van der Waals surface area (Å²) in [6.07, 6.45) is 0. The van der Waals surface area contributed by atoms with Gasteiger partial charge in [0.25, 0.3) is 0 Å². The van der Waals surface area contributed by atoms with Crippen molar-refractivity contribution in [3.8, 4) is 0 Å². The molecule has 0 N–H and O–H groups in total. The first-order valence-electron chi connectivity index (χ1n) is 5.16. The summed E-state index contributed by atoms with van der Waals surface area (Å²) in [6.45, 7) is 1.46. The quantitative estimate of drug-likeness (QED) is 0.593. The van der Waals surface area contributed by atoms with Gasteiger partial charge in [-0.25, -0.2) is 0 Å². The molecular weight excluding hydrogens is 220 g/mol. The Morgan fingerprint density at radius 3 is 2.71 bits per heavy atom. The maximum absolute atomic E-state index is 11.4. The Labute approximate surface area is 98.0 Å². The van der Waals surface area contributed by atoms with Gasteiger partial charge in [0.15, 0.2) is 5.78 Å². The maximum Gasteiger partial charge on any atom is 0.327 e. The van der Waals surface area contributed by atoms with Gasteiger partial charge < -0.3 is 4.74 Å². The number of fused-ring (bicyclic) bond motifs is 1. The summed E-state index contributed by atoms with van der Waals surface area (Å²) in [5.74, 6) is -0.516. The zero-order valence-electron chi connectivity index (χ0n) is 9.64. The Morgan fingerprint density at radius 1 is 1.35 bits per heavy atom. The molecule has 0 radical (unpaired) electrons. The third-order valence-corrected chi connectivity index (χ3v) is 2.50. The molecule has 1 aromatic carbocycles. The van der Waals surface area contributed by atoms with E-state index in [9.17, 15) is 9.59 Å². The molecule has 0 amide bonds. The van der Waals surface area contributed by atoms with Crippen molar-refractivity contribution in [1.82, 2.24) is 9.78 Å². The third kappa shape index (κ3) is 2.04. The van der Waals surface area contributed by atoms with Crippen molar-refractivity contribution in [3.05, 3.63) is 30.0 Å². The van der Waals surface area contributed by atoms with Crippen molar-refractivity contribution in [3.63, 3.8) is 0 Å². The number of hydrogen-bond donors (Lipinski definition) is 0. The standard InChI is InChI=1S/C12H12N2O3/c1-8(15)12-9-5-3-4-6-10(9)14(13-12)7-11(16)17-2/h3-6H,7H2,1-2H3. The van der Waals surface area contributed by atoms with Crippen LogP contribution in [0.25, 0.3) is 10.9 Å². The van der Waals surface area contributed by atoms with Crippen molar-refractivity contribution in [2.75, 3.05) is 7.11 Å². The summed E-state index contributed by atoms with van der Waals surface area (Å²) in [7, 11) is 1.32. The summed E-state index contributed by atoms with van der Waals surface area (Å²) in [5.41, 5.74) is 1.13. The van der Waals surface area contributed by atoms with Crippen molar-refractivity contribution in [2.45, 2.75) is 13.5 Å². The lowest BCUT2D eigenvalue weighted by molar-refractivity contribution is -0.141. The van der Waals surface area contributed by atoms with Gasteiger partial charge in [0.05, 0.1) is 12.6 Å². The van der Waals surface area contributed by atoms with E-state index in [1.54, 1.807) is 0 Å². The molecule has 0 aliphatic carbocycles. The number of carbonyl (C=O) groups excluding carboxylic acids is 2. The first-order valence-corrected chi connectivity index (χ1v) is 5.16. The number of ether oxygens (including phenoxy) is 1. The molecule has 1 heterocycles. The van der Waals surface area contributed by atoms with Crippen LogP contribution < -0.4 is 0 Å². The van der Waals surface area contributed by atoms with Crippen LogP contribution in [-0.4, -0.2) is 28.6 Å². The number of methoxy groups -OCH3 is 1. The van der Waals surface area contributed by atoms with E-state index in [0.717, 1.165) is 10.9 Å². The molecule has 88 valence electrons. The number of hydrogen-bond acceptors (Lipinski definition) is 4. The van der Waals surface area contributed by atoms with Crippen molar-refractivity contribution in [2.24, 2.45) is 0 Å². The highest BCUT2D eigenvalue weighted by Gasteiger charge is 2.15. The van der Waals surface area contributed by atoms with Crippen LogP contribution in [0.15, 0.2) is 24.3 Å². The van der Waals surface area contributed by atoms with Gasteiger partial charge in [0.2, 0.25) is 0 Å². The molecule has 0 unspecified atom stereocenters. The van der Waals surface area contributed by atoms with Crippen LogP contribution in [0.4, 0.5) is 0 Å². The minimum Gasteiger partial charge on any atom is -0.468 e. The monoisotopic (exact) mass is 232 g/mol.